The Balaban J connectivity index is 1.34. The van der Waals surface area contributed by atoms with Crippen molar-refractivity contribution < 1.29 is 27.1 Å². The number of aryl methyl sites for hydroxylation is 2. The van der Waals surface area contributed by atoms with Crippen LogP contribution in [0.25, 0.3) is 22.0 Å². The number of hydrogen-bond donors (Lipinski definition) is 1. The number of piperidine rings is 1. The summed E-state index contributed by atoms with van der Waals surface area (Å²) in [5.74, 6) is 0.0748. The van der Waals surface area contributed by atoms with E-state index in [1.54, 1.807) is 43.4 Å². The fourth-order valence-corrected chi connectivity index (χ4v) is 6.56. The van der Waals surface area contributed by atoms with Crippen molar-refractivity contribution in [1.29, 1.82) is 0 Å². The molecule has 1 saturated heterocycles. The number of halogens is 1. The van der Waals surface area contributed by atoms with E-state index in [1.165, 1.54) is 28.8 Å². The number of nitrogens with zero attached hydrogens (tertiary/aromatic N) is 2. The molecule has 1 aliphatic heterocycles. The van der Waals surface area contributed by atoms with Gasteiger partial charge in [-0.2, -0.15) is 0 Å². The zero-order chi connectivity index (χ0) is 32.5. The number of likely N-dealkylation sites (tertiary alicyclic amines) is 1. The van der Waals surface area contributed by atoms with Crippen molar-refractivity contribution in [2.75, 3.05) is 18.8 Å². The molecule has 2 aromatic heterocycles. The van der Waals surface area contributed by atoms with Gasteiger partial charge in [0.25, 0.3) is 5.56 Å². The second-order valence-electron chi connectivity index (χ2n) is 12.6. The lowest BCUT2D eigenvalue weighted by Crippen LogP contribution is -2.41. The first-order chi connectivity index (χ1) is 21.3. The van der Waals surface area contributed by atoms with Crippen LogP contribution in [0.4, 0.5) is 9.18 Å². The number of aromatic amines is 1. The zero-order valence-corrected chi connectivity index (χ0v) is 27.2. The molecule has 1 amide bonds. The third-order valence-electron chi connectivity index (χ3n) is 8.20. The number of ether oxygens (including phenoxy) is 2. The number of carbonyl (C=O) groups excluding carboxylic acids is 1. The number of hydrogen-bond acceptors (Lipinski definition) is 6. The lowest BCUT2D eigenvalue weighted by atomic mass is 9.90. The standard InChI is InChI=1S/C34H40FN3O6S/c1-6-45(41,42)24-10-12-29(26(20-24)27-21-37(5)32(39)31-25(27)13-16-36-31)43-30-11-9-23(19-28(30)35)8-7-22-14-17-38(18-15-22)33(40)44-34(2,3)4/h9-13,16,19-22,36H,6-8,14-15,17-18H2,1-5H3. The number of H-pyrrole nitrogens is 1. The largest absolute Gasteiger partial charge is 0.454 e. The van der Waals surface area contributed by atoms with E-state index < -0.39 is 21.3 Å². The van der Waals surface area contributed by atoms with E-state index in [0.29, 0.717) is 47.5 Å². The first kappa shape index (κ1) is 32.3. The number of sulfone groups is 1. The van der Waals surface area contributed by atoms with E-state index in [9.17, 15) is 18.0 Å². The molecule has 11 heteroatoms. The molecule has 45 heavy (non-hydrogen) atoms. The van der Waals surface area contributed by atoms with Gasteiger partial charge in [0.15, 0.2) is 21.4 Å². The van der Waals surface area contributed by atoms with Crippen LogP contribution in [0.2, 0.25) is 0 Å². The summed E-state index contributed by atoms with van der Waals surface area (Å²) >= 11 is 0. The fraction of sp³-hybridized carbons (Fsp3) is 0.412. The monoisotopic (exact) mass is 637 g/mol. The van der Waals surface area contributed by atoms with Crippen LogP contribution in [-0.2, 0) is 28.0 Å². The molecule has 240 valence electrons. The van der Waals surface area contributed by atoms with Crippen LogP contribution in [-0.4, -0.2) is 53.4 Å². The maximum atomic E-state index is 15.4. The summed E-state index contributed by atoms with van der Waals surface area (Å²) in [7, 11) is -1.94. The van der Waals surface area contributed by atoms with Crippen LogP contribution < -0.4 is 10.3 Å². The molecule has 1 fully saturated rings. The molecule has 0 atom stereocenters. The highest BCUT2D eigenvalue weighted by Crippen LogP contribution is 2.39. The van der Waals surface area contributed by atoms with Crippen LogP contribution in [0.15, 0.2) is 64.5 Å². The lowest BCUT2D eigenvalue weighted by molar-refractivity contribution is 0.0181. The predicted molar refractivity (Wildman–Crippen MR) is 172 cm³/mol. The highest BCUT2D eigenvalue weighted by Gasteiger charge is 2.27. The smallest absolute Gasteiger partial charge is 0.410 e. The summed E-state index contributed by atoms with van der Waals surface area (Å²) in [5.41, 5.74) is 1.46. The highest BCUT2D eigenvalue weighted by molar-refractivity contribution is 7.91. The minimum atomic E-state index is -3.55. The SMILES string of the molecule is CCS(=O)(=O)c1ccc(Oc2ccc(CCC3CCN(C(=O)OC(C)(C)C)CC3)cc2F)c(-c2cn(C)c(=O)c3[nH]ccc23)c1. The second-order valence-corrected chi connectivity index (χ2v) is 14.9. The van der Waals surface area contributed by atoms with Crippen molar-refractivity contribution in [2.45, 2.75) is 63.9 Å². The highest BCUT2D eigenvalue weighted by atomic mass is 32.2. The Morgan fingerprint density at radius 3 is 2.42 bits per heavy atom. The Morgan fingerprint density at radius 1 is 1.04 bits per heavy atom. The van der Waals surface area contributed by atoms with Crippen molar-refractivity contribution in [3.8, 4) is 22.6 Å². The van der Waals surface area contributed by atoms with Gasteiger partial charge in [-0.25, -0.2) is 17.6 Å². The fourth-order valence-electron chi connectivity index (χ4n) is 5.65. The molecular formula is C34H40FN3O6S. The van der Waals surface area contributed by atoms with Gasteiger partial charge in [0, 0.05) is 49.0 Å². The molecular weight excluding hydrogens is 597 g/mol. The number of carbonyl (C=O) groups is 1. The Labute approximate surface area is 262 Å². The number of nitrogens with one attached hydrogen (secondary N) is 1. The molecule has 0 aliphatic carbocycles. The third kappa shape index (κ3) is 7.24. The second kappa shape index (κ2) is 12.7. The van der Waals surface area contributed by atoms with Crippen molar-refractivity contribution in [3.63, 3.8) is 0 Å². The first-order valence-electron chi connectivity index (χ1n) is 15.2. The zero-order valence-electron chi connectivity index (χ0n) is 26.4. The maximum Gasteiger partial charge on any atom is 0.410 e. The number of pyridine rings is 1. The molecule has 0 spiro atoms. The van der Waals surface area contributed by atoms with E-state index in [2.05, 4.69) is 4.98 Å². The summed E-state index contributed by atoms with van der Waals surface area (Å²) < 4.78 is 53.9. The summed E-state index contributed by atoms with van der Waals surface area (Å²) in [5, 5.41) is 0.599. The molecule has 2 aromatic carbocycles. The van der Waals surface area contributed by atoms with Crippen molar-refractivity contribution >= 4 is 26.8 Å². The van der Waals surface area contributed by atoms with Crippen LogP contribution in [0.3, 0.4) is 0 Å². The molecule has 9 nitrogen and oxygen atoms in total. The van der Waals surface area contributed by atoms with E-state index in [4.69, 9.17) is 9.47 Å². The van der Waals surface area contributed by atoms with Crippen molar-refractivity contribution in [2.24, 2.45) is 13.0 Å². The summed E-state index contributed by atoms with van der Waals surface area (Å²) in [4.78, 5) is 29.8. The molecule has 5 rings (SSSR count). The molecule has 4 aromatic rings. The van der Waals surface area contributed by atoms with Crippen molar-refractivity contribution in [1.82, 2.24) is 14.5 Å². The van der Waals surface area contributed by atoms with Gasteiger partial charge in [-0.3, -0.25) is 4.79 Å². The van der Waals surface area contributed by atoms with Gasteiger partial charge >= 0.3 is 6.09 Å². The van der Waals surface area contributed by atoms with Gasteiger partial charge in [-0.15, -0.1) is 0 Å². The average Bonchev–Trinajstić information content (AvgIpc) is 3.49. The van der Waals surface area contributed by atoms with E-state index in [1.807, 2.05) is 26.8 Å². The Bertz CT molecular complexity index is 1880. The minimum Gasteiger partial charge on any atom is -0.454 e. The molecule has 0 radical (unpaired) electrons. The van der Waals surface area contributed by atoms with E-state index >= 15 is 4.39 Å². The van der Waals surface area contributed by atoms with E-state index in [0.717, 1.165) is 24.8 Å². The quantitative estimate of drug-likeness (QED) is 0.227. The van der Waals surface area contributed by atoms with Crippen LogP contribution >= 0.6 is 0 Å². The predicted octanol–water partition coefficient (Wildman–Crippen LogP) is 6.84. The normalized spacial score (nSPS) is 14.6. The summed E-state index contributed by atoms with van der Waals surface area (Å²) in [6, 6.07) is 11.1. The third-order valence-corrected chi connectivity index (χ3v) is 9.93. The molecule has 0 unspecified atom stereocenters. The summed E-state index contributed by atoms with van der Waals surface area (Å²) in [6.45, 7) is 8.43. The number of aromatic nitrogens is 2. The van der Waals surface area contributed by atoms with Gasteiger partial charge in [-0.1, -0.05) is 13.0 Å². The Morgan fingerprint density at radius 2 is 1.76 bits per heavy atom. The molecule has 0 saturated carbocycles. The molecule has 0 bridgehead atoms. The lowest BCUT2D eigenvalue weighted by Gasteiger charge is -2.33. The van der Waals surface area contributed by atoms with Gasteiger partial charge in [-0.05, 0) is 94.3 Å². The number of amides is 1. The van der Waals surface area contributed by atoms with Crippen LogP contribution in [0.1, 0.15) is 52.5 Å². The van der Waals surface area contributed by atoms with Gasteiger partial charge in [0.1, 0.15) is 16.9 Å². The van der Waals surface area contributed by atoms with Gasteiger partial charge in [0.2, 0.25) is 0 Å². The first-order valence-corrected chi connectivity index (χ1v) is 16.9. The van der Waals surface area contributed by atoms with Crippen LogP contribution in [0, 0.1) is 11.7 Å². The minimum absolute atomic E-state index is 0.00639. The van der Waals surface area contributed by atoms with Crippen LogP contribution in [0.5, 0.6) is 11.5 Å². The number of fused-ring (bicyclic) bond motifs is 1. The number of benzene rings is 2. The molecule has 3 heterocycles. The number of rotatable bonds is 8. The Kier molecular flexibility index (Phi) is 9.11. The molecule has 1 aliphatic rings. The topological polar surface area (TPSA) is 111 Å². The van der Waals surface area contributed by atoms with Crippen molar-refractivity contribution in [3.05, 3.63) is 76.6 Å². The maximum absolute atomic E-state index is 15.4. The summed E-state index contributed by atoms with van der Waals surface area (Å²) in [6.07, 6.45) is 6.29. The van der Waals surface area contributed by atoms with Gasteiger partial charge < -0.3 is 23.9 Å². The molecule has 1 N–H and O–H groups in total. The Hall–Kier alpha value is -4.12. The van der Waals surface area contributed by atoms with E-state index in [-0.39, 0.29) is 33.8 Å². The average molecular weight is 638 g/mol. The van der Waals surface area contributed by atoms with Gasteiger partial charge in [0.05, 0.1) is 10.6 Å².